The first-order valence-electron chi connectivity index (χ1n) is 7.74. The minimum Gasteiger partial charge on any atom is -0.493 e. The van der Waals surface area contributed by atoms with Crippen molar-refractivity contribution in [1.82, 2.24) is 10.3 Å². The lowest BCUT2D eigenvalue weighted by Crippen LogP contribution is -2.18. The van der Waals surface area contributed by atoms with Crippen molar-refractivity contribution < 1.29 is 29.2 Å². The SMILES string of the molecule is COc1ccc(-c2c(CNCCO)[nH]c(C(=O)O)c2Cl)c(OC)c1OC. The van der Waals surface area contributed by atoms with E-state index in [1.807, 2.05) is 0 Å². The number of benzene rings is 1. The molecule has 0 spiro atoms. The van der Waals surface area contributed by atoms with Crippen molar-refractivity contribution >= 4 is 17.6 Å². The molecule has 0 unspecified atom stereocenters. The van der Waals surface area contributed by atoms with E-state index < -0.39 is 5.97 Å². The topological polar surface area (TPSA) is 113 Å². The summed E-state index contributed by atoms with van der Waals surface area (Å²) in [6.45, 7) is 0.581. The number of halogens is 1. The van der Waals surface area contributed by atoms with E-state index in [0.29, 0.717) is 40.6 Å². The summed E-state index contributed by atoms with van der Waals surface area (Å²) in [5, 5.41) is 21.4. The van der Waals surface area contributed by atoms with Crippen molar-refractivity contribution in [2.24, 2.45) is 0 Å². The van der Waals surface area contributed by atoms with Crippen molar-refractivity contribution in [3.63, 3.8) is 0 Å². The van der Waals surface area contributed by atoms with E-state index in [2.05, 4.69) is 10.3 Å². The molecule has 0 bridgehead atoms. The van der Waals surface area contributed by atoms with Crippen molar-refractivity contribution in [2.75, 3.05) is 34.5 Å². The highest BCUT2D eigenvalue weighted by Gasteiger charge is 2.26. The average Bonchev–Trinajstić information content (AvgIpc) is 2.96. The minimum atomic E-state index is -1.18. The lowest BCUT2D eigenvalue weighted by atomic mass is 10.0. The van der Waals surface area contributed by atoms with E-state index >= 15 is 0 Å². The molecule has 0 fully saturated rings. The summed E-state index contributed by atoms with van der Waals surface area (Å²) >= 11 is 6.35. The van der Waals surface area contributed by atoms with Gasteiger partial charge in [0.05, 0.1) is 33.0 Å². The van der Waals surface area contributed by atoms with E-state index in [4.69, 9.17) is 30.9 Å². The minimum absolute atomic E-state index is 0.0464. The van der Waals surface area contributed by atoms with Crippen LogP contribution < -0.4 is 19.5 Å². The van der Waals surface area contributed by atoms with Gasteiger partial charge in [-0.1, -0.05) is 11.6 Å². The quantitative estimate of drug-likeness (QED) is 0.490. The zero-order valence-electron chi connectivity index (χ0n) is 14.7. The number of aliphatic hydroxyl groups is 1. The second-order valence-corrected chi connectivity index (χ2v) is 5.63. The molecule has 0 saturated carbocycles. The number of carboxylic acids is 1. The average molecular weight is 385 g/mol. The molecule has 2 rings (SSSR count). The maximum atomic E-state index is 11.5. The number of H-pyrrole nitrogens is 1. The Kier molecular flexibility index (Phi) is 6.73. The number of hydrogen-bond donors (Lipinski definition) is 4. The zero-order chi connectivity index (χ0) is 19.3. The maximum absolute atomic E-state index is 11.5. The van der Waals surface area contributed by atoms with Crippen LogP contribution in [-0.2, 0) is 6.54 Å². The number of carbonyl (C=O) groups is 1. The van der Waals surface area contributed by atoms with Gasteiger partial charge in [0.1, 0.15) is 5.69 Å². The number of rotatable bonds is 9. The molecule has 8 nitrogen and oxygen atoms in total. The van der Waals surface area contributed by atoms with Crippen LogP contribution in [0.5, 0.6) is 17.2 Å². The summed E-state index contributed by atoms with van der Waals surface area (Å²) in [6.07, 6.45) is 0. The fourth-order valence-electron chi connectivity index (χ4n) is 2.68. The van der Waals surface area contributed by atoms with Gasteiger partial charge >= 0.3 is 5.97 Å². The molecule has 0 atom stereocenters. The molecule has 1 aromatic carbocycles. The van der Waals surface area contributed by atoms with Crippen LogP contribution >= 0.6 is 11.6 Å². The van der Waals surface area contributed by atoms with Gasteiger partial charge in [0.25, 0.3) is 0 Å². The maximum Gasteiger partial charge on any atom is 0.353 e. The third-order valence-electron chi connectivity index (χ3n) is 3.79. The smallest absolute Gasteiger partial charge is 0.353 e. The van der Waals surface area contributed by atoms with Crippen LogP contribution in [0.25, 0.3) is 11.1 Å². The Bertz CT molecular complexity index is 790. The van der Waals surface area contributed by atoms with Crippen molar-refractivity contribution in [2.45, 2.75) is 6.54 Å². The van der Waals surface area contributed by atoms with Crippen LogP contribution in [0.2, 0.25) is 5.02 Å². The van der Waals surface area contributed by atoms with Crippen LogP contribution in [0.4, 0.5) is 0 Å². The van der Waals surface area contributed by atoms with Crippen LogP contribution in [0, 0.1) is 0 Å². The molecule has 4 N–H and O–H groups in total. The first kappa shape index (κ1) is 19.9. The van der Waals surface area contributed by atoms with E-state index in [-0.39, 0.29) is 23.9 Å². The summed E-state index contributed by atoms with van der Waals surface area (Å²) in [7, 11) is 4.46. The van der Waals surface area contributed by atoms with Crippen molar-refractivity contribution in [3.8, 4) is 28.4 Å². The Morgan fingerprint density at radius 1 is 1.19 bits per heavy atom. The second-order valence-electron chi connectivity index (χ2n) is 5.25. The van der Waals surface area contributed by atoms with E-state index in [0.717, 1.165) is 0 Å². The highest BCUT2D eigenvalue weighted by atomic mass is 35.5. The number of hydrogen-bond acceptors (Lipinski definition) is 6. The molecule has 0 radical (unpaired) electrons. The van der Waals surface area contributed by atoms with Crippen LogP contribution in [0.1, 0.15) is 16.2 Å². The largest absolute Gasteiger partial charge is 0.493 e. The van der Waals surface area contributed by atoms with Gasteiger partial charge in [-0.2, -0.15) is 0 Å². The molecule has 2 aromatic rings. The molecule has 142 valence electrons. The van der Waals surface area contributed by atoms with E-state index in [9.17, 15) is 9.90 Å². The van der Waals surface area contributed by atoms with E-state index in [1.54, 1.807) is 12.1 Å². The Morgan fingerprint density at radius 2 is 1.88 bits per heavy atom. The summed E-state index contributed by atoms with van der Waals surface area (Å²) in [5.41, 5.74) is 1.46. The molecule has 1 heterocycles. The van der Waals surface area contributed by atoms with Crippen LogP contribution in [0.3, 0.4) is 0 Å². The van der Waals surface area contributed by atoms with Gasteiger partial charge in [-0.15, -0.1) is 0 Å². The summed E-state index contributed by atoms with van der Waals surface area (Å²) < 4.78 is 16.1. The Labute approximate surface area is 155 Å². The molecule has 0 aliphatic heterocycles. The molecule has 9 heteroatoms. The van der Waals surface area contributed by atoms with Gasteiger partial charge in [0, 0.05) is 29.9 Å². The van der Waals surface area contributed by atoms with Gasteiger partial charge in [0.15, 0.2) is 11.5 Å². The van der Waals surface area contributed by atoms with E-state index in [1.165, 1.54) is 21.3 Å². The third-order valence-corrected chi connectivity index (χ3v) is 4.17. The number of nitrogens with one attached hydrogen (secondary N) is 2. The predicted octanol–water partition coefficient (Wildman–Crippen LogP) is 2.14. The molecular weight excluding hydrogens is 364 g/mol. The lowest BCUT2D eigenvalue weighted by molar-refractivity contribution is 0.0691. The summed E-state index contributed by atoms with van der Waals surface area (Å²) in [4.78, 5) is 14.3. The fraction of sp³-hybridized carbons (Fsp3) is 0.353. The Balaban J connectivity index is 2.68. The number of aromatic carboxylic acids is 1. The molecule has 1 aromatic heterocycles. The number of methoxy groups -OCH3 is 3. The predicted molar refractivity (Wildman–Crippen MR) is 96.6 cm³/mol. The van der Waals surface area contributed by atoms with Gasteiger partial charge in [-0.3, -0.25) is 0 Å². The molecule has 0 aliphatic carbocycles. The van der Waals surface area contributed by atoms with Gasteiger partial charge < -0.3 is 34.7 Å². The Hall–Kier alpha value is -2.42. The zero-order valence-corrected chi connectivity index (χ0v) is 15.4. The van der Waals surface area contributed by atoms with Crippen molar-refractivity contribution in [1.29, 1.82) is 0 Å². The first-order chi connectivity index (χ1) is 12.5. The Morgan fingerprint density at radius 3 is 2.42 bits per heavy atom. The number of aromatic nitrogens is 1. The normalized spacial score (nSPS) is 10.7. The second kappa shape index (κ2) is 8.79. The highest BCUT2D eigenvalue weighted by molar-refractivity contribution is 6.36. The monoisotopic (exact) mass is 384 g/mol. The molecule has 0 saturated heterocycles. The number of aromatic amines is 1. The fourth-order valence-corrected chi connectivity index (χ4v) is 3.02. The third kappa shape index (κ3) is 3.72. The molecule has 0 aliphatic rings. The van der Waals surface area contributed by atoms with Crippen LogP contribution in [-0.4, -0.2) is 55.6 Å². The number of ether oxygens (including phenoxy) is 3. The van der Waals surface area contributed by atoms with Gasteiger partial charge in [-0.25, -0.2) is 4.79 Å². The lowest BCUT2D eigenvalue weighted by Gasteiger charge is -2.16. The molecule has 26 heavy (non-hydrogen) atoms. The highest BCUT2D eigenvalue weighted by Crippen LogP contribution is 2.47. The molecule has 0 amide bonds. The number of carboxylic acid groups (broad SMARTS) is 1. The first-order valence-corrected chi connectivity index (χ1v) is 8.12. The van der Waals surface area contributed by atoms with Gasteiger partial charge in [-0.05, 0) is 12.1 Å². The molecular formula is C17H21ClN2O6. The van der Waals surface area contributed by atoms with Crippen molar-refractivity contribution in [3.05, 3.63) is 28.5 Å². The summed E-state index contributed by atoms with van der Waals surface area (Å²) in [5.74, 6) is 0.0336. The van der Waals surface area contributed by atoms with Gasteiger partial charge in [0.2, 0.25) is 5.75 Å². The summed E-state index contributed by atoms with van der Waals surface area (Å²) in [6, 6.07) is 3.40. The van der Waals surface area contributed by atoms with Crippen LogP contribution in [0.15, 0.2) is 12.1 Å². The number of aliphatic hydroxyl groups excluding tert-OH is 1. The standard InChI is InChI=1S/C17H21ClN2O6/c1-24-11-5-4-9(15(25-2)16(11)26-3)12-10(8-19-6-7-21)20-14(13(12)18)17(22)23/h4-5,19-21H,6-8H2,1-3H3,(H,22,23).